The summed E-state index contributed by atoms with van der Waals surface area (Å²) < 4.78 is 14.2. The Kier molecular flexibility index (Phi) is 4.53. The number of thiazole rings is 1. The quantitative estimate of drug-likeness (QED) is 0.638. The highest BCUT2D eigenvalue weighted by atomic mass is 35.5. The second-order valence-corrected chi connectivity index (χ2v) is 7.12. The number of halogens is 1. The van der Waals surface area contributed by atoms with Crippen LogP contribution in [0, 0.1) is 0 Å². The van der Waals surface area contributed by atoms with Crippen molar-refractivity contribution >= 4 is 39.1 Å². The van der Waals surface area contributed by atoms with E-state index in [1.807, 2.05) is 16.7 Å². The third-order valence-corrected chi connectivity index (χ3v) is 5.24. The molecule has 3 aromatic rings. The second-order valence-electron chi connectivity index (χ2n) is 5.67. The minimum atomic E-state index is -0.316. The Labute approximate surface area is 158 Å². The average Bonchev–Trinajstić information content (AvgIpc) is 2.97. The van der Waals surface area contributed by atoms with Crippen molar-refractivity contribution in [1.82, 2.24) is 4.57 Å². The lowest BCUT2D eigenvalue weighted by Gasteiger charge is -2.18. The van der Waals surface area contributed by atoms with E-state index in [0.717, 1.165) is 10.2 Å². The van der Waals surface area contributed by atoms with E-state index in [2.05, 4.69) is 11.6 Å². The summed E-state index contributed by atoms with van der Waals surface area (Å²) in [6, 6.07) is 10.5. The first-order valence-electron chi connectivity index (χ1n) is 8.04. The van der Waals surface area contributed by atoms with E-state index in [1.165, 1.54) is 11.3 Å². The molecule has 0 bridgehead atoms. The Morgan fingerprint density at radius 1 is 1.23 bits per heavy atom. The van der Waals surface area contributed by atoms with E-state index in [1.54, 1.807) is 30.3 Å². The molecule has 0 atom stereocenters. The van der Waals surface area contributed by atoms with Crippen LogP contribution in [-0.4, -0.2) is 23.7 Å². The molecule has 1 amide bonds. The number of benzene rings is 2. The van der Waals surface area contributed by atoms with Crippen molar-refractivity contribution in [3.63, 3.8) is 0 Å². The second kappa shape index (κ2) is 6.97. The Morgan fingerprint density at radius 2 is 1.92 bits per heavy atom. The van der Waals surface area contributed by atoms with Gasteiger partial charge in [0.25, 0.3) is 5.91 Å². The molecule has 0 spiro atoms. The molecule has 1 aliphatic heterocycles. The molecule has 1 aromatic heterocycles. The largest absolute Gasteiger partial charge is 0.486 e. The van der Waals surface area contributed by atoms with Crippen molar-refractivity contribution in [3.05, 3.63) is 64.4 Å². The molecular weight excluding hydrogens is 372 g/mol. The summed E-state index contributed by atoms with van der Waals surface area (Å²) >= 11 is 7.31. The van der Waals surface area contributed by atoms with Crippen LogP contribution in [0.15, 0.2) is 54.0 Å². The Bertz CT molecular complexity index is 1070. The summed E-state index contributed by atoms with van der Waals surface area (Å²) in [5.41, 5.74) is 1.42. The van der Waals surface area contributed by atoms with Crippen LogP contribution in [0.2, 0.25) is 5.02 Å². The van der Waals surface area contributed by atoms with E-state index in [9.17, 15) is 4.79 Å². The smallest absolute Gasteiger partial charge is 0.279 e. The van der Waals surface area contributed by atoms with Gasteiger partial charge in [0.1, 0.15) is 13.2 Å². The number of fused-ring (bicyclic) bond motifs is 2. The van der Waals surface area contributed by atoms with Crippen LogP contribution in [0.3, 0.4) is 0 Å². The fourth-order valence-electron chi connectivity index (χ4n) is 2.74. The van der Waals surface area contributed by atoms with Gasteiger partial charge in [0.05, 0.1) is 10.2 Å². The van der Waals surface area contributed by atoms with E-state index in [-0.39, 0.29) is 5.91 Å². The lowest BCUT2D eigenvalue weighted by atomic mass is 10.2. The van der Waals surface area contributed by atoms with Gasteiger partial charge < -0.3 is 14.0 Å². The van der Waals surface area contributed by atoms with Crippen molar-refractivity contribution < 1.29 is 14.3 Å². The molecule has 26 heavy (non-hydrogen) atoms. The standard InChI is InChI=1S/C19H15ClN2O3S/c1-2-7-22-14-10-15-16(25-9-8-24-15)11-17(14)26-19(22)21-18(23)12-3-5-13(20)6-4-12/h2-6,10-11H,1,7-9H2. The predicted octanol–water partition coefficient (Wildman–Crippen LogP) is 4.05. The van der Waals surface area contributed by atoms with Crippen molar-refractivity contribution in [2.24, 2.45) is 4.99 Å². The Balaban J connectivity index is 1.85. The molecule has 4 rings (SSSR count). The van der Waals surface area contributed by atoms with Crippen LogP contribution < -0.4 is 14.3 Å². The van der Waals surface area contributed by atoms with Gasteiger partial charge in [-0.1, -0.05) is 29.0 Å². The fraction of sp³-hybridized carbons (Fsp3) is 0.158. The maximum atomic E-state index is 12.5. The molecule has 0 unspecified atom stereocenters. The first kappa shape index (κ1) is 16.9. The Hall–Kier alpha value is -2.57. The van der Waals surface area contributed by atoms with Gasteiger partial charge in [-0.25, -0.2) is 0 Å². The van der Waals surface area contributed by atoms with Gasteiger partial charge >= 0.3 is 0 Å². The third kappa shape index (κ3) is 3.13. The van der Waals surface area contributed by atoms with Crippen LogP contribution in [0.4, 0.5) is 0 Å². The molecule has 132 valence electrons. The number of carbonyl (C=O) groups excluding carboxylic acids is 1. The van der Waals surface area contributed by atoms with Gasteiger partial charge in [-0.05, 0) is 24.3 Å². The van der Waals surface area contributed by atoms with Crippen molar-refractivity contribution in [2.75, 3.05) is 13.2 Å². The molecule has 2 heterocycles. The lowest BCUT2D eigenvalue weighted by Crippen LogP contribution is -2.17. The van der Waals surface area contributed by atoms with Gasteiger partial charge in [-0.15, -0.1) is 6.58 Å². The third-order valence-electron chi connectivity index (χ3n) is 3.95. The van der Waals surface area contributed by atoms with Crippen LogP contribution in [-0.2, 0) is 6.54 Å². The first-order chi connectivity index (χ1) is 12.7. The number of amides is 1. The number of hydrogen-bond donors (Lipinski definition) is 0. The number of aromatic nitrogens is 1. The summed E-state index contributed by atoms with van der Waals surface area (Å²) in [4.78, 5) is 17.4. The fourth-order valence-corrected chi connectivity index (χ4v) is 3.92. The van der Waals surface area contributed by atoms with E-state index < -0.39 is 0 Å². The SMILES string of the molecule is C=CCn1c(=NC(=O)c2ccc(Cl)cc2)sc2cc3c(cc21)OCCO3. The van der Waals surface area contributed by atoms with Gasteiger partial charge in [-0.3, -0.25) is 4.79 Å². The molecular formula is C19H15ClN2O3S. The molecule has 0 saturated heterocycles. The molecule has 2 aromatic carbocycles. The molecule has 0 radical (unpaired) electrons. The number of hydrogen-bond acceptors (Lipinski definition) is 4. The number of allylic oxidation sites excluding steroid dienone is 1. The summed E-state index contributed by atoms with van der Waals surface area (Å²) in [5.74, 6) is 1.10. The van der Waals surface area contributed by atoms with Gasteiger partial charge in [-0.2, -0.15) is 4.99 Å². The van der Waals surface area contributed by atoms with Gasteiger partial charge in [0, 0.05) is 29.3 Å². The number of carbonyl (C=O) groups is 1. The van der Waals surface area contributed by atoms with E-state index in [4.69, 9.17) is 21.1 Å². The maximum absolute atomic E-state index is 12.5. The minimum Gasteiger partial charge on any atom is -0.486 e. The molecule has 0 saturated carbocycles. The molecule has 7 heteroatoms. The van der Waals surface area contributed by atoms with Crippen LogP contribution in [0.25, 0.3) is 10.2 Å². The first-order valence-corrected chi connectivity index (χ1v) is 9.23. The molecule has 5 nitrogen and oxygen atoms in total. The number of nitrogens with zero attached hydrogens (tertiary/aromatic N) is 2. The molecule has 1 aliphatic rings. The molecule has 0 aliphatic carbocycles. The molecule has 0 fully saturated rings. The van der Waals surface area contributed by atoms with Gasteiger partial charge in [0.2, 0.25) is 0 Å². The zero-order valence-corrected chi connectivity index (χ0v) is 15.3. The normalized spacial score (nSPS) is 13.8. The monoisotopic (exact) mass is 386 g/mol. The highest BCUT2D eigenvalue weighted by molar-refractivity contribution is 7.16. The summed E-state index contributed by atoms with van der Waals surface area (Å²) in [7, 11) is 0. The summed E-state index contributed by atoms with van der Waals surface area (Å²) in [5, 5.41) is 0.579. The highest BCUT2D eigenvalue weighted by Crippen LogP contribution is 2.35. The number of ether oxygens (including phenoxy) is 2. The summed E-state index contributed by atoms with van der Waals surface area (Å²) in [6.45, 7) is 5.39. The highest BCUT2D eigenvalue weighted by Gasteiger charge is 2.16. The van der Waals surface area contributed by atoms with E-state index in [0.29, 0.717) is 46.6 Å². The lowest BCUT2D eigenvalue weighted by molar-refractivity contribution is 0.0998. The maximum Gasteiger partial charge on any atom is 0.279 e. The van der Waals surface area contributed by atoms with Crippen LogP contribution in [0.1, 0.15) is 10.4 Å². The average molecular weight is 387 g/mol. The molecule has 0 N–H and O–H groups in total. The van der Waals surface area contributed by atoms with Crippen molar-refractivity contribution in [3.8, 4) is 11.5 Å². The van der Waals surface area contributed by atoms with E-state index >= 15 is 0 Å². The van der Waals surface area contributed by atoms with Crippen molar-refractivity contribution in [1.29, 1.82) is 0 Å². The van der Waals surface area contributed by atoms with Crippen molar-refractivity contribution in [2.45, 2.75) is 6.54 Å². The number of rotatable bonds is 3. The minimum absolute atomic E-state index is 0.316. The predicted molar refractivity (Wildman–Crippen MR) is 102 cm³/mol. The van der Waals surface area contributed by atoms with Crippen LogP contribution >= 0.6 is 22.9 Å². The topological polar surface area (TPSA) is 52.8 Å². The summed E-state index contributed by atoms with van der Waals surface area (Å²) in [6.07, 6.45) is 1.77. The van der Waals surface area contributed by atoms with Crippen LogP contribution in [0.5, 0.6) is 11.5 Å². The zero-order chi connectivity index (χ0) is 18.1. The van der Waals surface area contributed by atoms with Gasteiger partial charge in [0.15, 0.2) is 16.3 Å². The zero-order valence-electron chi connectivity index (χ0n) is 13.8. The Morgan fingerprint density at radius 3 is 2.62 bits per heavy atom.